The van der Waals surface area contributed by atoms with Crippen LogP contribution < -0.4 is 5.43 Å². The van der Waals surface area contributed by atoms with Crippen LogP contribution in [0.15, 0.2) is 50.4 Å². The van der Waals surface area contributed by atoms with Crippen molar-refractivity contribution >= 4 is 49.7 Å². The van der Waals surface area contributed by atoms with Gasteiger partial charge in [-0.1, -0.05) is 37.9 Å². The summed E-state index contributed by atoms with van der Waals surface area (Å²) in [7, 11) is 0. The lowest BCUT2D eigenvalue weighted by Gasteiger charge is -2.03. The summed E-state index contributed by atoms with van der Waals surface area (Å²) in [5.41, 5.74) is 4.21. The Morgan fingerprint density at radius 3 is 2.52 bits per heavy atom. The standard InChI is InChI=1S/C15H11Br2N3O3/c1-9-13(16)5-10(6-14(9)17)8-18-19-15(21)11-3-2-4-12(7-11)20(22)23/h2-8H,1H3,(H,19,21). The number of carbonyl (C=O) groups excluding carboxylic acids is 1. The highest BCUT2D eigenvalue weighted by atomic mass is 79.9. The van der Waals surface area contributed by atoms with E-state index >= 15 is 0 Å². The molecule has 23 heavy (non-hydrogen) atoms. The van der Waals surface area contributed by atoms with Crippen LogP contribution in [0.25, 0.3) is 0 Å². The largest absolute Gasteiger partial charge is 0.271 e. The fraction of sp³-hybridized carbons (Fsp3) is 0.0667. The number of hydrogen-bond donors (Lipinski definition) is 1. The van der Waals surface area contributed by atoms with Gasteiger partial charge >= 0.3 is 0 Å². The molecule has 0 aliphatic rings. The number of nitro groups is 1. The molecule has 2 aromatic carbocycles. The second kappa shape index (κ2) is 7.47. The summed E-state index contributed by atoms with van der Waals surface area (Å²) in [6.07, 6.45) is 1.49. The number of non-ortho nitro benzene ring substituents is 1. The van der Waals surface area contributed by atoms with Crippen LogP contribution in [-0.2, 0) is 0 Å². The van der Waals surface area contributed by atoms with E-state index in [1.807, 2.05) is 19.1 Å². The van der Waals surface area contributed by atoms with Gasteiger partial charge in [0, 0.05) is 26.6 Å². The first-order chi connectivity index (χ1) is 10.9. The number of nitro benzene ring substituents is 1. The third-order valence-electron chi connectivity index (χ3n) is 3.00. The van der Waals surface area contributed by atoms with Gasteiger partial charge in [-0.15, -0.1) is 0 Å². The third kappa shape index (κ3) is 4.46. The molecule has 0 aliphatic heterocycles. The zero-order valence-corrected chi connectivity index (χ0v) is 15.1. The van der Waals surface area contributed by atoms with Crippen LogP contribution >= 0.6 is 31.9 Å². The molecule has 0 aromatic heterocycles. The Balaban J connectivity index is 2.10. The lowest BCUT2D eigenvalue weighted by Crippen LogP contribution is -2.17. The van der Waals surface area contributed by atoms with E-state index in [1.165, 1.54) is 30.5 Å². The van der Waals surface area contributed by atoms with E-state index in [4.69, 9.17) is 0 Å². The highest BCUT2D eigenvalue weighted by Gasteiger charge is 2.10. The Kier molecular flexibility index (Phi) is 5.62. The van der Waals surface area contributed by atoms with Gasteiger partial charge in [0.1, 0.15) is 0 Å². The van der Waals surface area contributed by atoms with E-state index in [9.17, 15) is 14.9 Å². The van der Waals surface area contributed by atoms with E-state index in [0.717, 1.165) is 20.1 Å². The number of nitrogens with one attached hydrogen (secondary N) is 1. The molecule has 6 nitrogen and oxygen atoms in total. The van der Waals surface area contributed by atoms with Gasteiger partial charge < -0.3 is 0 Å². The Bertz CT molecular complexity index is 783. The zero-order chi connectivity index (χ0) is 17.0. The molecule has 0 atom stereocenters. The van der Waals surface area contributed by atoms with Crippen molar-refractivity contribution in [3.05, 3.63) is 72.1 Å². The van der Waals surface area contributed by atoms with Crippen LogP contribution in [0, 0.1) is 17.0 Å². The summed E-state index contributed by atoms with van der Waals surface area (Å²) in [5.74, 6) is -0.518. The van der Waals surface area contributed by atoms with Crippen LogP contribution in [0.3, 0.4) is 0 Å². The predicted molar refractivity (Wildman–Crippen MR) is 94.7 cm³/mol. The molecule has 0 heterocycles. The highest BCUT2D eigenvalue weighted by molar-refractivity contribution is 9.11. The summed E-state index contributed by atoms with van der Waals surface area (Å²) >= 11 is 6.87. The monoisotopic (exact) mass is 439 g/mol. The molecule has 0 radical (unpaired) electrons. The number of hydrogen-bond acceptors (Lipinski definition) is 4. The molecule has 0 spiro atoms. The molecule has 0 saturated heterocycles. The van der Waals surface area contributed by atoms with Crippen molar-refractivity contribution in [1.82, 2.24) is 5.43 Å². The van der Waals surface area contributed by atoms with Crippen LogP contribution in [0.1, 0.15) is 21.5 Å². The van der Waals surface area contributed by atoms with Gasteiger partial charge in [0.15, 0.2) is 0 Å². The molecule has 0 unspecified atom stereocenters. The average Bonchev–Trinajstić information content (AvgIpc) is 2.52. The molecule has 8 heteroatoms. The number of halogens is 2. The SMILES string of the molecule is Cc1c(Br)cc(C=NNC(=O)c2cccc([N+](=O)[O-])c2)cc1Br. The molecular weight excluding hydrogens is 430 g/mol. The Morgan fingerprint density at radius 2 is 1.91 bits per heavy atom. The van der Waals surface area contributed by atoms with Crippen LogP contribution in [-0.4, -0.2) is 17.0 Å². The topological polar surface area (TPSA) is 84.6 Å². The quantitative estimate of drug-likeness (QED) is 0.439. The number of benzene rings is 2. The Hall–Kier alpha value is -2.06. The minimum atomic E-state index is -0.554. The molecule has 0 bridgehead atoms. The molecule has 1 amide bonds. The van der Waals surface area contributed by atoms with Crippen LogP contribution in [0.2, 0.25) is 0 Å². The molecule has 1 N–H and O–H groups in total. The smallest absolute Gasteiger partial charge is 0.267 e. The maximum absolute atomic E-state index is 11.9. The van der Waals surface area contributed by atoms with Gasteiger partial charge in [-0.25, -0.2) is 5.43 Å². The van der Waals surface area contributed by atoms with E-state index in [0.29, 0.717) is 0 Å². The summed E-state index contributed by atoms with van der Waals surface area (Å²) in [4.78, 5) is 22.1. The van der Waals surface area contributed by atoms with Crippen molar-refractivity contribution in [2.24, 2.45) is 5.10 Å². The van der Waals surface area contributed by atoms with Crippen molar-refractivity contribution in [1.29, 1.82) is 0 Å². The van der Waals surface area contributed by atoms with Gasteiger partial charge in [-0.2, -0.15) is 5.10 Å². The normalized spacial score (nSPS) is 10.7. The van der Waals surface area contributed by atoms with Gasteiger partial charge in [0.2, 0.25) is 0 Å². The fourth-order valence-corrected chi connectivity index (χ4v) is 2.95. The fourth-order valence-electron chi connectivity index (χ4n) is 1.73. The number of rotatable bonds is 4. The second-order valence-corrected chi connectivity index (χ2v) is 6.32. The summed E-state index contributed by atoms with van der Waals surface area (Å²) in [6.45, 7) is 1.96. The highest BCUT2D eigenvalue weighted by Crippen LogP contribution is 2.25. The van der Waals surface area contributed by atoms with Gasteiger partial charge in [0.05, 0.1) is 11.1 Å². The van der Waals surface area contributed by atoms with Crippen LogP contribution in [0.5, 0.6) is 0 Å². The van der Waals surface area contributed by atoms with Crippen molar-refractivity contribution in [3.63, 3.8) is 0 Å². The molecule has 0 fully saturated rings. The molecular formula is C15H11Br2N3O3. The van der Waals surface area contributed by atoms with E-state index in [2.05, 4.69) is 42.4 Å². The third-order valence-corrected chi connectivity index (χ3v) is 4.65. The number of hydrazone groups is 1. The zero-order valence-electron chi connectivity index (χ0n) is 11.9. The summed E-state index contributed by atoms with van der Waals surface area (Å²) in [5, 5.41) is 14.6. The Morgan fingerprint density at radius 1 is 1.26 bits per heavy atom. The summed E-state index contributed by atoms with van der Waals surface area (Å²) in [6, 6.07) is 9.18. The molecule has 2 rings (SSSR count). The lowest BCUT2D eigenvalue weighted by molar-refractivity contribution is -0.384. The minimum Gasteiger partial charge on any atom is -0.267 e. The van der Waals surface area contributed by atoms with Crippen molar-refractivity contribution in [3.8, 4) is 0 Å². The van der Waals surface area contributed by atoms with Crippen molar-refractivity contribution in [2.75, 3.05) is 0 Å². The van der Waals surface area contributed by atoms with Gasteiger partial charge in [-0.05, 0) is 36.2 Å². The Labute approximate surface area is 149 Å². The predicted octanol–water partition coefficient (Wildman–Crippen LogP) is 4.19. The molecule has 2 aromatic rings. The molecule has 118 valence electrons. The van der Waals surface area contributed by atoms with Gasteiger partial charge in [0.25, 0.3) is 11.6 Å². The first-order valence-corrected chi connectivity index (χ1v) is 8.00. The maximum atomic E-state index is 11.9. The number of carbonyl (C=O) groups is 1. The molecule has 0 saturated carbocycles. The van der Waals surface area contributed by atoms with E-state index in [1.54, 1.807) is 0 Å². The van der Waals surface area contributed by atoms with Gasteiger partial charge in [-0.3, -0.25) is 14.9 Å². The average molecular weight is 441 g/mol. The first kappa shape index (κ1) is 17.3. The first-order valence-electron chi connectivity index (χ1n) is 6.42. The minimum absolute atomic E-state index is 0.145. The number of amides is 1. The lowest BCUT2D eigenvalue weighted by atomic mass is 10.2. The van der Waals surface area contributed by atoms with E-state index < -0.39 is 10.8 Å². The maximum Gasteiger partial charge on any atom is 0.271 e. The second-order valence-electron chi connectivity index (χ2n) is 4.62. The van der Waals surface area contributed by atoms with Crippen molar-refractivity contribution < 1.29 is 9.72 Å². The molecule has 0 aliphatic carbocycles. The van der Waals surface area contributed by atoms with Crippen molar-refractivity contribution in [2.45, 2.75) is 6.92 Å². The van der Waals surface area contributed by atoms with Crippen LogP contribution in [0.4, 0.5) is 5.69 Å². The summed E-state index contributed by atoms with van der Waals surface area (Å²) < 4.78 is 1.83. The van der Waals surface area contributed by atoms with E-state index in [-0.39, 0.29) is 11.3 Å². The number of nitrogens with zero attached hydrogens (tertiary/aromatic N) is 2.